The summed E-state index contributed by atoms with van der Waals surface area (Å²) in [6.45, 7) is 0. The molecule has 244 valence electrons. The second-order valence-corrected chi connectivity index (χ2v) is 17.2. The number of benzene rings is 7. The largest absolute Gasteiger partial charge is 0.355 e. The summed E-state index contributed by atoms with van der Waals surface area (Å²) in [5.41, 5.74) is 9.86. The third kappa shape index (κ3) is 5.62. The summed E-state index contributed by atoms with van der Waals surface area (Å²) in [6, 6.07) is 73.0. The van der Waals surface area contributed by atoms with Crippen LogP contribution in [0.25, 0.3) is 5.57 Å². The molecule has 0 amide bonds. The Hall–Kier alpha value is -6.16. The third-order valence-corrected chi connectivity index (χ3v) is 15.3. The number of anilines is 5. The van der Waals surface area contributed by atoms with Crippen LogP contribution in [0.4, 0.5) is 28.4 Å². The van der Waals surface area contributed by atoms with Gasteiger partial charge in [0.15, 0.2) is 8.07 Å². The molecular formula is C48H38N2Si. The van der Waals surface area contributed by atoms with Crippen molar-refractivity contribution in [3.8, 4) is 0 Å². The van der Waals surface area contributed by atoms with Gasteiger partial charge in [-0.25, -0.2) is 0 Å². The summed E-state index contributed by atoms with van der Waals surface area (Å²) in [7, 11) is -2.79. The summed E-state index contributed by atoms with van der Waals surface area (Å²) in [5.74, 6) is 0.491. The highest BCUT2D eigenvalue weighted by Gasteiger charge is 2.51. The number of rotatable bonds is 10. The summed E-state index contributed by atoms with van der Waals surface area (Å²) >= 11 is 0. The van der Waals surface area contributed by atoms with Crippen molar-refractivity contribution < 1.29 is 0 Å². The molecule has 0 aromatic heterocycles. The van der Waals surface area contributed by atoms with Crippen LogP contribution >= 0.6 is 0 Å². The Bertz CT molecular complexity index is 2260. The number of para-hydroxylation sites is 4. The number of fused-ring (bicyclic) bond motifs is 1. The summed E-state index contributed by atoms with van der Waals surface area (Å²) in [6.07, 6.45) is 3.52. The van der Waals surface area contributed by atoms with Gasteiger partial charge in [0, 0.05) is 39.9 Å². The Balaban J connectivity index is 1.28. The Morgan fingerprint density at radius 2 is 0.902 bits per heavy atom. The molecule has 0 bridgehead atoms. The van der Waals surface area contributed by atoms with Crippen molar-refractivity contribution in [1.82, 2.24) is 0 Å². The lowest BCUT2D eigenvalue weighted by Gasteiger charge is -2.37. The van der Waals surface area contributed by atoms with E-state index in [0.717, 1.165) is 34.9 Å². The van der Waals surface area contributed by atoms with Crippen LogP contribution < -0.4 is 25.8 Å². The molecular weight excluding hydrogens is 633 g/mol. The summed E-state index contributed by atoms with van der Waals surface area (Å²) in [4.78, 5) is 2.35. The molecule has 2 aliphatic carbocycles. The van der Waals surface area contributed by atoms with Crippen molar-refractivity contribution in [2.24, 2.45) is 5.92 Å². The minimum Gasteiger partial charge on any atom is -0.355 e. The van der Waals surface area contributed by atoms with Gasteiger partial charge >= 0.3 is 0 Å². The zero-order valence-corrected chi connectivity index (χ0v) is 29.4. The average Bonchev–Trinajstić information content (AvgIpc) is 3.87. The third-order valence-electron chi connectivity index (χ3n) is 10.4. The predicted molar refractivity (Wildman–Crippen MR) is 218 cm³/mol. The van der Waals surface area contributed by atoms with E-state index in [4.69, 9.17) is 0 Å². The van der Waals surface area contributed by atoms with Crippen molar-refractivity contribution in [3.63, 3.8) is 0 Å². The van der Waals surface area contributed by atoms with Crippen molar-refractivity contribution >= 4 is 57.6 Å². The van der Waals surface area contributed by atoms with E-state index in [0.29, 0.717) is 5.92 Å². The van der Waals surface area contributed by atoms with Gasteiger partial charge in [0.2, 0.25) is 0 Å². The molecule has 7 aromatic rings. The van der Waals surface area contributed by atoms with Crippen molar-refractivity contribution in [2.45, 2.75) is 6.42 Å². The van der Waals surface area contributed by atoms with Crippen LogP contribution in [0.3, 0.4) is 0 Å². The molecule has 7 aromatic carbocycles. The first-order valence-corrected chi connectivity index (χ1v) is 19.8. The van der Waals surface area contributed by atoms with Gasteiger partial charge in [0.25, 0.3) is 0 Å². The van der Waals surface area contributed by atoms with E-state index >= 15 is 0 Å². The molecule has 1 N–H and O–H groups in total. The molecule has 0 saturated carbocycles. The second-order valence-electron chi connectivity index (χ2n) is 13.4. The highest BCUT2D eigenvalue weighted by Crippen LogP contribution is 2.55. The Kier molecular flexibility index (Phi) is 8.03. The molecule has 9 rings (SSSR count). The fourth-order valence-electron chi connectivity index (χ4n) is 8.11. The van der Waals surface area contributed by atoms with Gasteiger partial charge in [-0.3, -0.25) is 0 Å². The zero-order valence-electron chi connectivity index (χ0n) is 28.4. The first-order valence-electron chi connectivity index (χ1n) is 17.8. The molecule has 0 spiro atoms. The highest BCUT2D eigenvalue weighted by molar-refractivity contribution is 7.16. The van der Waals surface area contributed by atoms with E-state index in [1.54, 1.807) is 5.20 Å². The van der Waals surface area contributed by atoms with E-state index < -0.39 is 8.07 Å². The van der Waals surface area contributed by atoms with Crippen LogP contribution in [0.5, 0.6) is 0 Å². The molecule has 2 nitrogen and oxygen atoms in total. The van der Waals surface area contributed by atoms with E-state index in [-0.39, 0.29) is 0 Å². The number of nitrogens with one attached hydrogen (secondary N) is 1. The van der Waals surface area contributed by atoms with Crippen LogP contribution in [-0.4, -0.2) is 8.07 Å². The SMILES string of the molecule is C1=C2C(c3ccccc3Nc3ccccc3)=C([Si](c3ccccc3)(c3ccccc3)c3ccc(N(c4ccccc4)c4ccccc4)cc3)CC12. The minimum absolute atomic E-state index is 0.491. The quantitative estimate of drug-likeness (QED) is 0.115. The monoisotopic (exact) mass is 670 g/mol. The Morgan fingerprint density at radius 3 is 1.47 bits per heavy atom. The maximum Gasteiger partial charge on any atom is 0.176 e. The summed E-state index contributed by atoms with van der Waals surface area (Å²) < 4.78 is 0. The lowest BCUT2D eigenvalue weighted by molar-refractivity contribution is 0.939. The van der Waals surface area contributed by atoms with Gasteiger partial charge in [-0.1, -0.05) is 157 Å². The molecule has 0 heterocycles. The smallest absolute Gasteiger partial charge is 0.176 e. The van der Waals surface area contributed by atoms with Crippen LogP contribution in [0.15, 0.2) is 217 Å². The molecule has 3 heteroatoms. The number of allylic oxidation sites excluding steroid dienone is 4. The van der Waals surface area contributed by atoms with Gasteiger partial charge in [-0.15, -0.1) is 0 Å². The number of hydrogen-bond donors (Lipinski definition) is 1. The molecule has 1 atom stereocenters. The van der Waals surface area contributed by atoms with E-state index in [2.05, 4.69) is 216 Å². The van der Waals surface area contributed by atoms with Crippen LogP contribution in [0, 0.1) is 5.92 Å². The lowest BCUT2D eigenvalue weighted by atomic mass is 10.0. The molecule has 0 saturated heterocycles. The number of nitrogens with zero attached hydrogens (tertiary/aromatic N) is 1. The number of hydrogen-bond acceptors (Lipinski definition) is 2. The average molecular weight is 671 g/mol. The van der Waals surface area contributed by atoms with Gasteiger partial charge in [-0.2, -0.15) is 0 Å². The molecule has 51 heavy (non-hydrogen) atoms. The lowest BCUT2D eigenvalue weighted by Crippen LogP contribution is -2.68. The van der Waals surface area contributed by atoms with Gasteiger partial charge in [-0.05, 0) is 87.7 Å². The predicted octanol–water partition coefficient (Wildman–Crippen LogP) is 10.3. The van der Waals surface area contributed by atoms with E-state index in [9.17, 15) is 0 Å². The van der Waals surface area contributed by atoms with Crippen molar-refractivity contribution in [2.75, 3.05) is 10.2 Å². The fourth-order valence-corrected chi connectivity index (χ4v) is 13.4. The topological polar surface area (TPSA) is 15.3 Å². The highest BCUT2D eigenvalue weighted by atomic mass is 28.3. The standard InChI is InChI=1S/C48H38N2Si/c1-6-18-37(19-7-1)49-46-29-17-16-28-44(46)48-45-34-36(45)35-47(48)51(41-24-12-4-13-25-41,42-26-14-5-15-27-42)43-32-30-40(31-33-43)50(38-20-8-2-9-21-38)39-22-10-3-11-23-39/h1-34,36,49H,35H2. The Morgan fingerprint density at radius 1 is 0.451 bits per heavy atom. The summed E-state index contributed by atoms with van der Waals surface area (Å²) in [5, 5.41) is 9.58. The first-order chi connectivity index (χ1) is 25.3. The van der Waals surface area contributed by atoms with Gasteiger partial charge in [0.1, 0.15) is 0 Å². The second kappa shape index (κ2) is 13.3. The van der Waals surface area contributed by atoms with Gasteiger partial charge in [0.05, 0.1) is 0 Å². The Labute approximate surface area is 301 Å². The maximum absolute atomic E-state index is 3.78. The van der Waals surface area contributed by atoms with Crippen LogP contribution in [-0.2, 0) is 0 Å². The van der Waals surface area contributed by atoms with E-state index in [1.807, 2.05) is 0 Å². The van der Waals surface area contributed by atoms with Crippen molar-refractivity contribution in [3.05, 3.63) is 223 Å². The van der Waals surface area contributed by atoms with E-state index in [1.165, 1.54) is 32.3 Å². The van der Waals surface area contributed by atoms with Crippen LogP contribution in [0.2, 0.25) is 0 Å². The van der Waals surface area contributed by atoms with Gasteiger partial charge < -0.3 is 10.2 Å². The van der Waals surface area contributed by atoms with Crippen LogP contribution in [0.1, 0.15) is 12.0 Å². The fraction of sp³-hybridized carbons (Fsp3) is 0.0417. The molecule has 0 aliphatic heterocycles. The van der Waals surface area contributed by atoms with Crippen molar-refractivity contribution in [1.29, 1.82) is 0 Å². The first kappa shape index (κ1) is 30.9. The molecule has 0 fully saturated rings. The molecule has 1 unspecified atom stereocenters. The molecule has 0 radical (unpaired) electrons. The normalized spacial score (nSPS) is 14.8. The minimum atomic E-state index is -2.79. The maximum atomic E-state index is 3.78. The zero-order chi connectivity index (χ0) is 34.0. The molecule has 2 aliphatic rings.